The predicted octanol–water partition coefficient (Wildman–Crippen LogP) is 4.60. The molecule has 0 fully saturated rings. The second-order valence-electron chi connectivity index (χ2n) is 7.02. The third-order valence-electron chi connectivity index (χ3n) is 4.71. The largest absolute Gasteiger partial charge is 0.345 e. The van der Waals surface area contributed by atoms with Crippen molar-refractivity contribution in [3.63, 3.8) is 0 Å². The molecule has 2 N–H and O–H groups in total. The third-order valence-corrected chi connectivity index (χ3v) is 6.09. The molecule has 0 unspecified atom stereocenters. The summed E-state index contributed by atoms with van der Waals surface area (Å²) in [7, 11) is -3.79. The molecular weight excluding hydrogens is 384 g/mol. The van der Waals surface area contributed by atoms with Crippen molar-refractivity contribution in [2.75, 3.05) is 4.72 Å². The lowest BCUT2D eigenvalue weighted by molar-refractivity contribution is 0.0940. The van der Waals surface area contributed by atoms with Crippen molar-refractivity contribution in [2.24, 2.45) is 0 Å². The number of aryl methyl sites for hydroxylation is 2. The van der Waals surface area contributed by atoms with Crippen molar-refractivity contribution in [3.05, 3.63) is 95.1 Å². The summed E-state index contributed by atoms with van der Waals surface area (Å²) in [4.78, 5) is 13.0. The molecule has 6 heteroatoms. The van der Waals surface area contributed by atoms with Crippen LogP contribution in [-0.2, 0) is 10.0 Å². The first-order chi connectivity index (χ1) is 13.8. The Labute approximate surface area is 171 Å². The van der Waals surface area contributed by atoms with Gasteiger partial charge in [0.1, 0.15) is 0 Å². The Morgan fingerprint density at radius 1 is 0.897 bits per heavy atom. The van der Waals surface area contributed by atoms with Crippen molar-refractivity contribution in [2.45, 2.75) is 31.7 Å². The maximum atomic E-state index is 12.9. The van der Waals surface area contributed by atoms with Gasteiger partial charge in [0.05, 0.1) is 22.2 Å². The highest BCUT2D eigenvalue weighted by molar-refractivity contribution is 7.92. The molecule has 0 radical (unpaired) electrons. The summed E-state index contributed by atoms with van der Waals surface area (Å²) in [5.74, 6) is -0.344. The van der Waals surface area contributed by atoms with E-state index < -0.39 is 10.0 Å². The third kappa shape index (κ3) is 4.84. The summed E-state index contributed by atoms with van der Waals surface area (Å²) in [6.07, 6.45) is 0. The highest BCUT2D eigenvalue weighted by Gasteiger charge is 2.20. The molecule has 1 atom stereocenters. The van der Waals surface area contributed by atoms with E-state index >= 15 is 0 Å². The Morgan fingerprint density at radius 3 is 2.24 bits per heavy atom. The quantitative estimate of drug-likeness (QED) is 0.626. The maximum absolute atomic E-state index is 12.9. The van der Waals surface area contributed by atoms with Gasteiger partial charge >= 0.3 is 0 Å². The van der Waals surface area contributed by atoms with E-state index in [4.69, 9.17) is 0 Å². The molecule has 1 amide bonds. The zero-order valence-corrected chi connectivity index (χ0v) is 17.5. The smallest absolute Gasteiger partial charge is 0.261 e. The number of rotatable bonds is 6. The molecule has 150 valence electrons. The molecule has 0 aliphatic heterocycles. The maximum Gasteiger partial charge on any atom is 0.261 e. The Morgan fingerprint density at radius 2 is 1.55 bits per heavy atom. The van der Waals surface area contributed by atoms with Crippen LogP contribution in [-0.4, -0.2) is 14.3 Å². The first-order valence-electron chi connectivity index (χ1n) is 9.33. The minimum absolute atomic E-state index is 0.138. The Balaban J connectivity index is 1.84. The van der Waals surface area contributed by atoms with Crippen LogP contribution in [0.15, 0.2) is 77.7 Å². The summed E-state index contributed by atoms with van der Waals surface area (Å²) in [6, 6.07) is 20.5. The number of carbonyl (C=O) groups is 1. The molecule has 0 spiro atoms. The Kier molecular flexibility index (Phi) is 6.03. The topological polar surface area (TPSA) is 75.3 Å². The Bertz CT molecular complexity index is 1130. The van der Waals surface area contributed by atoms with Crippen molar-refractivity contribution < 1.29 is 13.2 Å². The average molecular weight is 409 g/mol. The monoisotopic (exact) mass is 408 g/mol. The molecule has 0 bridgehead atoms. The van der Waals surface area contributed by atoms with Gasteiger partial charge in [0.2, 0.25) is 0 Å². The first kappa shape index (κ1) is 20.6. The Hall–Kier alpha value is -3.12. The highest BCUT2D eigenvalue weighted by atomic mass is 32.2. The van der Waals surface area contributed by atoms with Gasteiger partial charge in [-0.3, -0.25) is 9.52 Å². The lowest BCUT2D eigenvalue weighted by Gasteiger charge is -2.19. The van der Waals surface area contributed by atoms with Crippen LogP contribution in [0.3, 0.4) is 0 Å². The fourth-order valence-corrected chi connectivity index (χ4v) is 4.34. The van der Waals surface area contributed by atoms with Crippen LogP contribution in [0.25, 0.3) is 0 Å². The number of anilines is 1. The van der Waals surface area contributed by atoms with Crippen LogP contribution >= 0.6 is 0 Å². The van der Waals surface area contributed by atoms with E-state index in [2.05, 4.69) is 16.1 Å². The van der Waals surface area contributed by atoms with Crippen LogP contribution in [0.2, 0.25) is 0 Å². The summed E-state index contributed by atoms with van der Waals surface area (Å²) in [5.41, 5.74) is 3.78. The molecular formula is C23H24N2O3S. The van der Waals surface area contributed by atoms with Crippen LogP contribution in [0, 0.1) is 13.8 Å². The summed E-state index contributed by atoms with van der Waals surface area (Å²) < 4.78 is 27.8. The van der Waals surface area contributed by atoms with Crippen LogP contribution in [0.1, 0.15) is 40.0 Å². The molecule has 5 nitrogen and oxygen atoms in total. The number of benzene rings is 3. The predicted molar refractivity (Wildman–Crippen MR) is 115 cm³/mol. The summed E-state index contributed by atoms with van der Waals surface area (Å²) >= 11 is 0. The van der Waals surface area contributed by atoms with Crippen molar-refractivity contribution in [3.8, 4) is 0 Å². The number of hydrogen-bond donors (Lipinski definition) is 2. The van der Waals surface area contributed by atoms with Gasteiger partial charge in [-0.1, -0.05) is 54.1 Å². The van der Waals surface area contributed by atoms with E-state index in [0.29, 0.717) is 0 Å². The number of sulfonamides is 1. The zero-order valence-electron chi connectivity index (χ0n) is 16.6. The fourth-order valence-electron chi connectivity index (χ4n) is 3.24. The molecule has 3 aromatic carbocycles. The van der Waals surface area contributed by atoms with Gasteiger partial charge in [0, 0.05) is 0 Å². The number of nitrogens with one attached hydrogen (secondary N) is 2. The lowest BCUT2D eigenvalue weighted by Crippen LogP contribution is -2.28. The summed E-state index contributed by atoms with van der Waals surface area (Å²) in [6.45, 7) is 5.94. The molecule has 0 saturated carbocycles. The van der Waals surface area contributed by atoms with Crippen molar-refractivity contribution in [1.82, 2.24) is 5.32 Å². The van der Waals surface area contributed by atoms with Gasteiger partial charge in [-0.15, -0.1) is 0 Å². The van der Waals surface area contributed by atoms with Crippen LogP contribution in [0.5, 0.6) is 0 Å². The molecule has 0 aromatic heterocycles. The van der Waals surface area contributed by atoms with Crippen molar-refractivity contribution >= 4 is 21.6 Å². The van der Waals surface area contributed by atoms with Gasteiger partial charge in [-0.2, -0.15) is 0 Å². The van der Waals surface area contributed by atoms with E-state index in [1.165, 1.54) is 12.1 Å². The standard InChI is InChI=1S/C23H24N2O3S/c1-16-13-14-20(17(2)15-16)18(3)24-23(26)21-11-7-8-12-22(21)25-29(27,28)19-9-5-4-6-10-19/h4-15,18,25H,1-3H3,(H,24,26)/t18-/m1/s1. The number of hydrogen-bond acceptors (Lipinski definition) is 3. The number of amides is 1. The van der Waals surface area contributed by atoms with Crippen LogP contribution in [0.4, 0.5) is 5.69 Å². The van der Waals surface area contributed by atoms with Gasteiger partial charge in [-0.25, -0.2) is 8.42 Å². The molecule has 0 aliphatic rings. The minimum Gasteiger partial charge on any atom is -0.345 e. The first-order valence-corrected chi connectivity index (χ1v) is 10.8. The average Bonchev–Trinajstić information content (AvgIpc) is 2.68. The molecule has 3 rings (SSSR count). The van der Waals surface area contributed by atoms with Crippen LogP contribution < -0.4 is 10.0 Å². The van der Waals surface area contributed by atoms with Gasteiger partial charge in [-0.05, 0) is 56.2 Å². The van der Waals surface area contributed by atoms with Gasteiger partial charge < -0.3 is 5.32 Å². The van der Waals surface area contributed by atoms with Gasteiger partial charge in [0.25, 0.3) is 15.9 Å². The SMILES string of the molecule is Cc1ccc([C@@H](C)NC(=O)c2ccccc2NS(=O)(=O)c2ccccc2)c(C)c1. The van der Waals surface area contributed by atoms with E-state index in [1.807, 2.05) is 32.9 Å². The second kappa shape index (κ2) is 8.49. The fraction of sp³-hybridized carbons (Fsp3) is 0.174. The zero-order chi connectivity index (χ0) is 21.0. The molecule has 0 saturated heterocycles. The summed E-state index contributed by atoms with van der Waals surface area (Å²) in [5, 5.41) is 2.96. The van der Waals surface area contributed by atoms with Gasteiger partial charge in [0.15, 0.2) is 0 Å². The lowest BCUT2D eigenvalue weighted by atomic mass is 10.00. The molecule has 0 aliphatic carbocycles. The molecule has 29 heavy (non-hydrogen) atoms. The van der Waals surface area contributed by atoms with E-state index in [0.717, 1.165) is 16.7 Å². The molecule has 0 heterocycles. The molecule has 3 aromatic rings. The highest BCUT2D eigenvalue weighted by Crippen LogP contribution is 2.23. The van der Waals surface area contributed by atoms with E-state index in [1.54, 1.807) is 42.5 Å². The normalized spacial score (nSPS) is 12.2. The van der Waals surface area contributed by atoms with E-state index in [9.17, 15) is 13.2 Å². The second-order valence-corrected chi connectivity index (χ2v) is 8.70. The van der Waals surface area contributed by atoms with E-state index in [-0.39, 0.29) is 28.1 Å². The number of carbonyl (C=O) groups excluding carboxylic acids is 1. The minimum atomic E-state index is -3.79. The van der Waals surface area contributed by atoms with Crippen molar-refractivity contribution in [1.29, 1.82) is 0 Å². The number of para-hydroxylation sites is 1.